The van der Waals surface area contributed by atoms with E-state index in [0.29, 0.717) is 11.1 Å². The Labute approximate surface area is 143 Å². The van der Waals surface area contributed by atoms with Crippen LogP contribution < -0.4 is 5.56 Å². The van der Waals surface area contributed by atoms with Crippen LogP contribution in [-0.2, 0) is 0 Å². The fourth-order valence-corrected chi connectivity index (χ4v) is 3.85. The number of carbonyl (C=O) groups is 1. The Balaban J connectivity index is 1.98. The first-order valence-corrected chi connectivity index (χ1v) is 8.60. The summed E-state index contributed by atoms with van der Waals surface area (Å²) in [5, 5.41) is 17.7. The number of hydrogen-bond acceptors (Lipinski definition) is 4. The number of hydrogen-bond donors (Lipinski definition) is 2. The zero-order valence-corrected chi connectivity index (χ0v) is 14.2. The van der Waals surface area contributed by atoms with Gasteiger partial charge in [-0.2, -0.15) is 0 Å². The zero-order chi connectivity index (χ0) is 17.7. The molecule has 0 bridgehead atoms. The Kier molecular flexibility index (Phi) is 3.59. The number of aromatic amines is 1. The molecule has 1 aliphatic carbocycles. The van der Waals surface area contributed by atoms with Crippen molar-refractivity contribution >= 4 is 22.6 Å². The second kappa shape index (κ2) is 5.68. The SMILES string of the molecule is Cc1cc2c(cc1C(=O)O)[nH]c(=O)c1nnc(C3CCC(C)CC3)n12. The topological polar surface area (TPSA) is 100 Å². The molecule has 25 heavy (non-hydrogen) atoms. The lowest BCUT2D eigenvalue weighted by atomic mass is 9.82. The number of aryl methyl sites for hydroxylation is 1. The third kappa shape index (κ3) is 2.50. The molecule has 2 heterocycles. The molecule has 1 fully saturated rings. The molecule has 1 saturated carbocycles. The second-order valence-corrected chi connectivity index (χ2v) is 7.12. The highest BCUT2D eigenvalue weighted by atomic mass is 16.4. The van der Waals surface area contributed by atoms with Crippen LogP contribution in [0.2, 0.25) is 0 Å². The highest BCUT2D eigenvalue weighted by Crippen LogP contribution is 2.35. The summed E-state index contributed by atoms with van der Waals surface area (Å²) in [5.41, 5.74) is 1.98. The third-order valence-corrected chi connectivity index (χ3v) is 5.33. The van der Waals surface area contributed by atoms with Crippen molar-refractivity contribution in [2.75, 3.05) is 0 Å². The summed E-state index contributed by atoms with van der Waals surface area (Å²) < 4.78 is 1.81. The van der Waals surface area contributed by atoms with E-state index in [1.807, 2.05) is 4.40 Å². The maximum absolute atomic E-state index is 12.4. The van der Waals surface area contributed by atoms with Crippen molar-refractivity contribution in [3.8, 4) is 0 Å². The molecule has 0 radical (unpaired) electrons. The van der Waals surface area contributed by atoms with Crippen LogP contribution in [0, 0.1) is 12.8 Å². The Morgan fingerprint density at radius 2 is 1.96 bits per heavy atom. The molecule has 0 aliphatic heterocycles. The largest absolute Gasteiger partial charge is 0.478 e. The molecule has 0 unspecified atom stereocenters. The highest BCUT2D eigenvalue weighted by molar-refractivity contribution is 5.94. The molecule has 3 aromatic rings. The lowest BCUT2D eigenvalue weighted by molar-refractivity contribution is 0.0696. The normalized spacial score (nSPS) is 21.0. The summed E-state index contributed by atoms with van der Waals surface area (Å²) in [6.07, 6.45) is 4.34. The standard InChI is InChI=1S/C18H20N4O3/c1-9-3-5-11(6-4-9)15-20-21-16-17(23)19-13-8-12(18(24)25)10(2)7-14(13)22(15)16/h7-9,11H,3-6H2,1-2H3,(H,19,23)(H,24,25). The number of benzene rings is 1. The zero-order valence-electron chi connectivity index (χ0n) is 14.2. The minimum atomic E-state index is -1.01. The van der Waals surface area contributed by atoms with Gasteiger partial charge in [0.15, 0.2) is 0 Å². The van der Waals surface area contributed by atoms with Gasteiger partial charge in [0.2, 0.25) is 5.65 Å². The average molecular weight is 340 g/mol. The van der Waals surface area contributed by atoms with E-state index >= 15 is 0 Å². The Morgan fingerprint density at radius 3 is 2.64 bits per heavy atom. The smallest absolute Gasteiger partial charge is 0.336 e. The third-order valence-electron chi connectivity index (χ3n) is 5.33. The van der Waals surface area contributed by atoms with E-state index in [-0.39, 0.29) is 22.7 Å². The monoisotopic (exact) mass is 340 g/mol. The number of H-pyrrole nitrogens is 1. The first kappa shape index (κ1) is 15.8. The summed E-state index contributed by atoms with van der Waals surface area (Å²) >= 11 is 0. The lowest BCUT2D eigenvalue weighted by Gasteiger charge is -2.25. The summed E-state index contributed by atoms with van der Waals surface area (Å²) in [6.45, 7) is 4.02. The summed E-state index contributed by atoms with van der Waals surface area (Å²) in [6, 6.07) is 3.31. The van der Waals surface area contributed by atoms with Crippen molar-refractivity contribution in [3.63, 3.8) is 0 Å². The summed E-state index contributed by atoms with van der Waals surface area (Å²) in [5.74, 6) is 0.790. The molecular formula is C18H20N4O3. The summed E-state index contributed by atoms with van der Waals surface area (Å²) in [7, 11) is 0. The van der Waals surface area contributed by atoms with E-state index in [9.17, 15) is 14.7 Å². The number of aromatic carboxylic acids is 1. The predicted molar refractivity (Wildman–Crippen MR) is 93.2 cm³/mol. The lowest BCUT2D eigenvalue weighted by Crippen LogP contribution is -2.16. The van der Waals surface area contributed by atoms with Gasteiger partial charge in [-0.1, -0.05) is 19.8 Å². The number of rotatable bonds is 2. The predicted octanol–water partition coefficient (Wildman–Crippen LogP) is 2.87. The van der Waals surface area contributed by atoms with Gasteiger partial charge >= 0.3 is 5.97 Å². The minimum absolute atomic E-state index is 0.184. The number of carboxylic acids is 1. The van der Waals surface area contributed by atoms with Gasteiger partial charge in [-0.3, -0.25) is 9.20 Å². The fourth-order valence-electron chi connectivity index (χ4n) is 3.85. The van der Waals surface area contributed by atoms with Crippen molar-refractivity contribution in [3.05, 3.63) is 39.4 Å². The van der Waals surface area contributed by atoms with Gasteiger partial charge in [0.1, 0.15) is 5.82 Å². The van der Waals surface area contributed by atoms with E-state index in [1.54, 1.807) is 13.0 Å². The van der Waals surface area contributed by atoms with Crippen LogP contribution in [0.15, 0.2) is 16.9 Å². The number of aromatic nitrogens is 4. The van der Waals surface area contributed by atoms with Crippen molar-refractivity contribution in [1.82, 2.24) is 19.6 Å². The molecule has 2 N–H and O–H groups in total. The fraction of sp³-hybridized carbons (Fsp3) is 0.444. The summed E-state index contributed by atoms with van der Waals surface area (Å²) in [4.78, 5) is 26.5. The molecule has 1 aromatic carbocycles. The minimum Gasteiger partial charge on any atom is -0.478 e. The Hall–Kier alpha value is -2.70. The molecule has 1 aliphatic rings. The van der Waals surface area contributed by atoms with Crippen molar-refractivity contribution < 1.29 is 9.90 Å². The van der Waals surface area contributed by atoms with Crippen molar-refractivity contribution in [1.29, 1.82) is 0 Å². The average Bonchev–Trinajstić information content (AvgIpc) is 3.01. The van der Waals surface area contributed by atoms with E-state index in [4.69, 9.17) is 0 Å². The number of nitrogens with zero attached hydrogens (tertiary/aromatic N) is 3. The van der Waals surface area contributed by atoms with Crippen LogP contribution in [0.1, 0.15) is 60.3 Å². The molecule has 0 spiro atoms. The van der Waals surface area contributed by atoms with Crippen LogP contribution in [0.25, 0.3) is 16.7 Å². The Bertz CT molecular complexity index is 1040. The molecule has 4 rings (SSSR count). The van der Waals surface area contributed by atoms with E-state index in [0.717, 1.165) is 42.9 Å². The maximum atomic E-state index is 12.4. The van der Waals surface area contributed by atoms with Gasteiger partial charge in [0.05, 0.1) is 16.6 Å². The van der Waals surface area contributed by atoms with Gasteiger partial charge in [0.25, 0.3) is 5.56 Å². The van der Waals surface area contributed by atoms with Crippen LogP contribution in [0.5, 0.6) is 0 Å². The maximum Gasteiger partial charge on any atom is 0.336 e. The van der Waals surface area contributed by atoms with Crippen LogP contribution in [-0.4, -0.2) is 30.7 Å². The van der Waals surface area contributed by atoms with Gasteiger partial charge < -0.3 is 10.1 Å². The van der Waals surface area contributed by atoms with Gasteiger partial charge in [-0.05, 0) is 43.4 Å². The van der Waals surface area contributed by atoms with Crippen LogP contribution >= 0.6 is 0 Å². The van der Waals surface area contributed by atoms with Crippen molar-refractivity contribution in [2.24, 2.45) is 5.92 Å². The molecular weight excluding hydrogens is 320 g/mol. The van der Waals surface area contributed by atoms with E-state index in [1.165, 1.54) is 6.07 Å². The van der Waals surface area contributed by atoms with E-state index in [2.05, 4.69) is 22.1 Å². The number of fused-ring (bicyclic) bond motifs is 3. The van der Waals surface area contributed by atoms with Gasteiger partial charge in [-0.15, -0.1) is 10.2 Å². The molecule has 0 amide bonds. The molecule has 7 nitrogen and oxygen atoms in total. The molecule has 130 valence electrons. The van der Waals surface area contributed by atoms with Crippen LogP contribution in [0.4, 0.5) is 0 Å². The Morgan fingerprint density at radius 1 is 1.24 bits per heavy atom. The first-order valence-electron chi connectivity index (χ1n) is 8.60. The molecule has 7 heteroatoms. The van der Waals surface area contributed by atoms with Gasteiger partial charge in [-0.25, -0.2) is 4.79 Å². The van der Waals surface area contributed by atoms with E-state index < -0.39 is 5.97 Å². The molecule has 2 aromatic heterocycles. The number of carboxylic acid groups (broad SMARTS) is 1. The second-order valence-electron chi connectivity index (χ2n) is 7.12. The molecule has 0 atom stereocenters. The first-order chi connectivity index (χ1) is 12.0. The van der Waals surface area contributed by atoms with Crippen LogP contribution in [0.3, 0.4) is 0 Å². The molecule has 0 saturated heterocycles. The highest BCUT2D eigenvalue weighted by Gasteiger charge is 2.25. The quantitative estimate of drug-likeness (QED) is 0.747. The van der Waals surface area contributed by atoms with Gasteiger partial charge in [0, 0.05) is 5.92 Å². The number of nitrogens with one attached hydrogen (secondary N) is 1. The van der Waals surface area contributed by atoms with Crippen molar-refractivity contribution in [2.45, 2.75) is 45.4 Å².